The van der Waals surface area contributed by atoms with Crippen LogP contribution in [0.2, 0.25) is 5.02 Å². The molecule has 37 heavy (non-hydrogen) atoms. The van der Waals surface area contributed by atoms with Crippen LogP contribution in [-0.2, 0) is 0 Å². The molecule has 6 nitrogen and oxygen atoms in total. The van der Waals surface area contributed by atoms with E-state index >= 15 is 0 Å². The van der Waals surface area contributed by atoms with E-state index in [1.807, 2.05) is 91.0 Å². The van der Waals surface area contributed by atoms with Gasteiger partial charge in [-0.05, 0) is 36.4 Å². The van der Waals surface area contributed by atoms with Crippen molar-refractivity contribution in [2.45, 2.75) is 6.10 Å². The topological polar surface area (TPSA) is 66.4 Å². The zero-order valence-corrected chi connectivity index (χ0v) is 20.7. The van der Waals surface area contributed by atoms with E-state index in [1.165, 1.54) is 0 Å². The Morgan fingerprint density at radius 3 is 1.51 bits per heavy atom. The predicted molar refractivity (Wildman–Crippen MR) is 144 cm³/mol. The fraction of sp³-hybridized carbons (Fsp3) is 0.100. The first kappa shape index (κ1) is 24.3. The summed E-state index contributed by atoms with van der Waals surface area (Å²) in [6, 6.07) is 36.4. The molecule has 1 atom stereocenters. The van der Waals surface area contributed by atoms with Gasteiger partial charge in [0.2, 0.25) is 0 Å². The third-order valence-electron chi connectivity index (χ3n) is 5.38. The smallest absolute Gasteiger partial charge is 0.321 e. The Hall–Kier alpha value is -4.42. The maximum Gasteiger partial charge on any atom is 0.321 e. The maximum absolute atomic E-state index is 6.27. The second-order valence-corrected chi connectivity index (χ2v) is 8.56. The predicted octanol–water partition coefficient (Wildman–Crippen LogP) is 6.76. The summed E-state index contributed by atoms with van der Waals surface area (Å²) >= 11 is 6.01. The molecule has 0 saturated carbocycles. The summed E-state index contributed by atoms with van der Waals surface area (Å²) in [5, 5.41) is 0.639. The highest BCUT2D eigenvalue weighted by atomic mass is 35.5. The van der Waals surface area contributed by atoms with Crippen LogP contribution in [0.3, 0.4) is 0 Å². The molecule has 7 heteroatoms. The van der Waals surface area contributed by atoms with E-state index in [-0.39, 0.29) is 19.2 Å². The van der Waals surface area contributed by atoms with Crippen molar-refractivity contribution in [1.82, 2.24) is 15.0 Å². The Morgan fingerprint density at radius 1 is 0.541 bits per heavy atom. The van der Waals surface area contributed by atoms with Gasteiger partial charge in [0.1, 0.15) is 24.7 Å². The van der Waals surface area contributed by atoms with Crippen molar-refractivity contribution in [3.05, 3.63) is 120 Å². The van der Waals surface area contributed by atoms with Crippen LogP contribution in [0.5, 0.6) is 17.5 Å². The second kappa shape index (κ2) is 12.0. The molecule has 1 heterocycles. The van der Waals surface area contributed by atoms with Crippen LogP contribution in [0.1, 0.15) is 0 Å². The van der Waals surface area contributed by atoms with Crippen molar-refractivity contribution in [2.24, 2.45) is 0 Å². The van der Waals surface area contributed by atoms with E-state index < -0.39 is 6.10 Å². The highest BCUT2D eigenvalue weighted by Crippen LogP contribution is 2.23. The van der Waals surface area contributed by atoms with Gasteiger partial charge in [-0.15, -0.1) is 0 Å². The number of nitrogens with zero attached hydrogens (tertiary/aromatic N) is 3. The van der Waals surface area contributed by atoms with Gasteiger partial charge in [0, 0.05) is 16.1 Å². The largest absolute Gasteiger partial charge is 0.490 e. The molecule has 0 aliphatic rings. The molecular formula is C30H24ClN3O3. The second-order valence-electron chi connectivity index (χ2n) is 8.13. The lowest BCUT2D eigenvalue weighted by Gasteiger charge is -2.20. The summed E-state index contributed by atoms with van der Waals surface area (Å²) in [7, 11) is 0. The fourth-order valence-corrected chi connectivity index (χ4v) is 3.66. The monoisotopic (exact) mass is 509 g/mol. The Balaban J connectivity index is 1.42. The summed E-state index contributed by atoms with van der Waals surface area (Å²) in [5.74, 6) is 2.44. The van der Waals surface area contributed by atoms with Gasteiger partial charge in [-0.3, -0.25) is 0 Å². The van der Waals surface area contributed by atoms with Crippen LogP contribution in [0.25, 0.3) is 22.8 Å². The molecule has 0 radical (unpaired) electrons. The van der Waals surface area contributed by atoms with E-state index in [2.05, 4.69) is 9.97 Å². The van der Waals surface area contributed by atoms with Gasteiger partial charge >= 0.3 is 6.01 Å². The quantitative estimate of drug-likeness (QED) is 0.207. The number of ether oxygens (including phenoxy) is 3. The molecule has 4 aromatic carbocycles. The summed E-state index contributed by atoms with van der Waals surface area (Å²) < 4.78 is 18.2. The van der Waals surface area contributed by atoms with E-state index in [4.69, 9.17) is 30.8 Å². The Morgan fingerprint density at radius 2 is 1.00 bits per heavy atom. The molecule has 0 amide bonds. The highest BCUT2D eigenvalue weighted by Gasteiger charge is 2.18. The molecule has 0 bridgehead atoms. The third-order valence-corrected chi connectivity index (χ3v) is 5.63. The van der Waals surface area contributed by atoms with Crippen molar-refractivity contribution in [1.29, 1.82) is 0 Å². The Kier molecular flexibility index (Phi) is 7.88. The zero-order chi connectivity index (χ0) is 25.3. The van der Waals surface area contributed by atoms with Crippen LogP contribution in [0.15, 0.2) is 115 Å². The van der Waals surface area contributed by atoms with Gasteiger partial charge < -0.3 is 14.2 Å². The van der Waals surface area contributed by atoms with Crippen molar-refractivity contribution >= 4 is 11.6 Å². The number of para-hydroxylation sites is 1. The van der Waals surface area contributed by atoms with E-state index in [9.17, 15) is 0 Å². The third kappa shape index (κ3) is 6.84. The van der Waals surface area contributed by atoms with Gasteiger partial charge in [-0.2, -0.15) is 9.97 Å². The maximum atomic E-state index is 6.27. The Labute approximate surface area is 220 Å². The normalized spacial score (nSPS) is 11.5. The molecule has 0 fully saturated rings. The van der Waals surface area contributed by atoms with Gasteiger partial charge in [0.15, 0.2) is 17.8 Å². The first-order valence-electron chi connectivity index (χ1n) is 11.8. The molecule has 0 N–H and O–H groups in total. The fourth-order valence-electron chi connectivity index (χ4n) is 3.53. The van der Waals surface area contributed by atoms with Crippen molar-refractivity contribution < 1.29 is 14.2 Å². The number of hydrogen-bond donors (Lipinski definition) is 0. The van der Waals surface area contributed by atoms with E-state index in [1.54, 1.807) is 24.3 Å². The standard InChI is InChI=1S/C30H24ClN3O3/c31-24-16-18-26(19-17-24)36-21-27(20-35-25-14-8-3-9-15-25)37-30-33-28(22-10-4-1-5-11-22)32-29(34-30)23-12-6-2-7-13-23/h1-19,27H,20-21H2. The lowest BCUT2D eigenvalue weighted by atomic mass is 10.2. The molecule has 1 unspecified atom stereocenters. The van der Waals surface area contributed by atoms with Gasteiger partial charge in [0.05, 0.1) is 0 Å². The number of rotatable bonds is 10. The summed E-state index contributed by atoms with van der Waals surface area (Å²) in [5.41, 5.74) is 1.72. The average molecular weight is 510 g/mol. The molecule has 0 aliphatic heterocycles. The van der Waals surface area contributed by atoms with Crippen molar-refractivity contribution in [3.63, 3.8) is 0 Å². The SMILES string of the molecule is Clc1ccc(OCC(COc2ccccc2)Oc2nc(-c3ccccc3)nc(-c3ccccc3)n2)cc1. The van der Waals surface area contributed by atoms with Crippen LogP contribution in [0, 0.1) is 0 Å². The number of aromatic nitrogens is 3. The molecule has 0 saturated heterocycles. The lowest BCUT2D eigenvalue weighted by molar-refractivity contribution is 0.0736. The van der Waals surface area contributed by atoms with Crippen LogP contribution < -0.4 is 14.2 Å². The molecule has 5 rings (SSSR count). The summed E-state index contributed by atoms with van der Waals surface area (Å²) in [6.45, 7) is 0.437. The molecule has 184 valence electrons. The molecule has 1 aromatic heterocycles. The van der Waals surface area contributed by atoms with Gasteiger partial charge in [-0.25, -0.2) is 4.98 Å². The minimum atomic E-state index is -0.509. The summed E-state index contributed by atoms with van der Waals surface area (Å²) in [4.78, 5) is 13.9. The molecule has 0 aliphatic carbocycles. The number of hydrogen-bond acceptors (Lipinski definition) is 6. The minimum Gasteiger partial charge on any atom is -0.490 e. The van der Waals surface area contributed by atoms with Crippen molar-refractivity contribution in [2.75, 3.05) is 13.2 Å². The number of halogens is 1. The highest BCUT2D eigenvalue weighted by molar-refractivity contribution is 6.30. The first-order chi connectivity index (χ1) is 18.2. The van der Waals surface area contributed by atoms with E-state index in [0.717, 1.165) is 16.9 Å². The van der Waals surface area contributed by atoms with Crippen LogP contribution >= 0.6 is 11.6 Å². The minimum absolute atomic E-state index is 0.189. The Bertz CT molecular complexity index is 1350. The molecule has 0 spiro atoms. The molecule has 5 aromatic rings. The van der Waals surface area contributed by atoms with Gasteiger partial charge in [-0.1, -0.05) is 90.5 Å². The number of benzene rings is 4. The summed E-state index contributed by atoms with van der Waals surface area (Å²) in [6.07, 6.45) is -0.509. The van der Waals surface area contributed by atoms with Crippen molar-refractivity contribution in [3.8, 4) is 40.3 Å². The van der Waals surface area contributed by atoms with E-state index in [0.29, 0.717) is 22.4 Å². The zero-order valence-electron chi connectivity index (χ0n) is 19.9. The molecular weight excluding hydrogens is 486 g/mol. The van der Waals surface area contributed by atoms with Gasteiger partial charge in [0.25, 0.3) is 0 Å². The van der Waals surface area contributed by atoms with Crippen LogP contribution in [-0.4, -0.2) is 34.3 Å². The first-order valence-corrected chi connectivity index (χ1v) is 12.2. The average Bonchev–Trinajstić information content (AvgIpc) is 2.96. The van der Waals surface area contributed by atoms with Crippen LogP contribution in [0.4, 0.5) is 0 Å². The lowest BCUT2D eigenvalue weighted by Crippen LogP contribution is -2.32.